The number of hydrogen-bond acceptors (Lipinski definition) is 3. The molecule has 0 aromatic heterocycles. The van der Waals surface area contributed by atoms with E-state index in [1.807, 2.05) is 0 Å². The molecule has 0 bridgehead atoms. The molecule has 11 fully saturated rings. The van der Waals surface area contributed by atoms with E-state index in [9.17, 15) is 0 Å². The second-order valence-electron chi connectivity index (χ2n) is 24.0. The van der Waals surface area contributed by atoms with E-state index in [2.05, 4.69) is 28.4 Å². The number of nitrogens with zero attached hydrogens (tertiary/aromatic N) is 1. The SMILES string of the molecule is C1CCC(C2CCC(N(C3CCC(C4CCCCC4)CC3)C3CCCC(C4CCCC(C5CCCC6C7CCC8SC9CCCCC9C8C7SC56)C4)C3)CC2)CC1. The lowest BCUT2D eigenvalue weighted by Gasteiger charge is -2.52. The molecule has 9 aliphatic carbocycles. The van der Waals surface area contributed by atoms with Gasteiger partial charge in [-0.3, -0.25) is 4.90 Å². The molecule has 1 nitrogen and oxygen atoms in total. The molecule has 0 radical (unpaired) electrons. The predicted molar refractivity (Wildman–Crippen MR) is 247 cm³/mol. The zero-order valence-electron chi connectivity index (χ0n) is 37.0. The molecule has 9 saturated carbocycles. The lowest BCUT2D eigenvalue weighted by atomic mass is 9.60. The van der Waals surface area contributed by atoms with Crippen molar-refractivity contribution in [3.05, 3.63) is 0 Å². The van der Waals surface area contributed by atoms with Crippen molar-refractivity contribution in [3.8, 4) is 0 Å². The maximum absolute atomic E-state index is 3.40. The van der Waals surface area contributed by atoms with Crippen LogP contribution in [0.25, 0.3) is 0 Å². The van der Waals surface area contributed by atoms with Gasteiger partial charge in [-0.1, -0.05) is 116 Å². The highest BCUT2D eigenvalue weighted by Crippen LogP contribution is 2.66. The van der Waals surface area contributed by atoms with Crippen molar-refractivity contribution >= 4 is 23.5 Å². The first-order valence-corrected chi connectivity index (χ1v) is 29.2. The van der Waals surface area contributed by atoms with Gasteiger partial charge >= 0.3 is 0 Å². The van der Waals surface area contributed by atoms with E-state index >= 15 is 0 Å². The van der Waals surface area contributed by atoms with Crippen LogP contribution in [-0.2, 0) is 0 Å². The molecule has 11 aliphatic rings. The van der Waals surface area contributed by atoms with Gasteiger partial charge in [-0.25, -0.2) is 0 Å². The molecule has 13 atom stereocenters. The Morgan fingerprint density at radius 1 is 0.263 bits per heavy atom. The summed E-state index contributed by atoms with van der Waals surface area (Å²) in [7, 11) is 0. The summed E-state index contributed by atoms with van der Waals surface area (Å²) in [5, 5.41) is 4.20. The second kappa shape index (κ2) is 18.4. The smallest absolute Gasteiger partial charge is 0.0123 e. The highest BCUT2D eigenvalue weighted by molar-refractivity contribution is 8.02. The number of fused-ring (bicyclic) bond motifs is 7. The largest absolute Gasteiger partial charge is 0.294 e. The van der Waals surface area contributed by atoms with Gasteiger partial charge in [0.15, 0.2) is 0 Å². The molecule has 0 aromatic rings. The minimum absolute atomic E-state index is 0.921. The Balaban J connectivity index is 0.759. The quantitative estimate of drug-likeness (QED) is 0.252. The minimum Gasteiger partial charge on any atom is -0.294 e. The van der Waals surface area contributed by atoms with E-state index in [1.165, 1.54) is 44.9 Å². The molecule has 322 valence electrons. The summed E-state index contributed by atoms with van der Waals surface area (Å²) in [5.74, 6) is 13.0. The fourth-order valence-electron chi connectivity index (χ4n) is 18.9. The first-order valence-electron chi connectivity index (χ1n) is 27.3. The summed E-state index contributed by atoms with van der Waals surface area (Å²) < 4.78 is 0. The molecule has 57 heavy (non-hydrogen) atoms. The lowest BCUT2D eigenvalue weighted by molar-refractivity contribution is -0.0184. The third-order valence-electron chi connectivity index (χ3n) is 21.5. The molecule has 2 heterocycles. The molecule has 2 aliphatic heterocycles. The molecule has 0 spiro atoms. The third-order valence-corrected chi connectivity index (χ3v) is 25.3. The van der Waals surface area contributed by atoms with Crippen molar-refractivity contribution < 1.29 is 0 Å². The fourth-order valence-corrected chi connectivity index (χ4v) is 23.7. The van der Waals surface area contributed by atoms with Crippen LogP contribution < -0.4 is 0 Å². The number of rotatable bonds is 7. The molecule has 11 rings (SSSR count). The highest BCUT2D eigenvalue weighted by Gasteiger charge is 2.59. The van der Waals surface area contributed by atoms with Crippen LogP contribution in [0.4, 0.5) is 0 Å². The Hall–Kier alpha value is 0.660. The molecular weight excluding hydrogens is 727 g/mol. The van der Waals surface area contributed by atoms with Crippen LogP contribution in [0.1, 0.15) is 225 Å². The summed E-state index contributed by atoms with van der Waals surface area (Å²) in [6.45, 7) is 0. The first kappa shape index (κ1) is 40.4. The molecule has 0 N–H and O–H groups in total. The molecule has 0 amide bonds. The summed E-state index contributed by atoms with van der Waals surface area (Å²) in [4.78, 5) is 3.40. The Kier molecular flexibility index (Phi) is 13.1. The minimum atomic E-state index is 0.921. The van der Waals surface area contributed by atoms with Gasteiger partial charge < -0.3 is 0 Å². The fraction of sp³-hybridized carbons (Fsp3) is 1.00. The maximum Gasteiger partial charge on any atom is 0.0123 e. The number of thioether (sulfide) groups is 2. The maximum atomic E-state index is 3.40. The van der Waals surface area contributed by atoms with Crippen LogP contribution in [0.15, 0.2) is 0 Å². The zero-order valence-corrected chi connectivity index (χ0v) is 38.6. The highest BCUT2D eigenvalue weighted by atomic mass is 32.2. The van der Waals surface area contributed by atoms with Gasteiger partial charge in [-0.2, -0.15) is 23.5 Å². The molecule has 0 aromatic carbocycles. The summed E-state index contributed by atoms with van der Waals surface area (Å²) in [6.07, 6.45) is 54.9. The van der Waals surface area contributed by atoms with E-state index < -0.39 is 0 Å². The van der Waals surface area contributed by atoms with Gasteiger partial charge in [0.1, 0.15) is 0 Å². The van der Waals surface area contributed by atoms with Crippen LogP contribution in [0.3, 0.4) is 0 Å². The lowest BCUT2D eigenvalue weighted by Crippen LogP contribution is -2.54. The Morgan fingerprint density at radius 2 is 0.772 bits per heavy atom. The topological polar surface area (TPSA) is 3.24 Å². The molecule has 3 heteroatoms. The van der Waals surface area contributed by atoms with Crippen LogP contribution in [0, 0.1) is 71.0 Å². The molecule has 2 saturated heterocycles. The van der Waals surface area contributed by atoms with Gasteiger partial charge in [0.2, 0.25) is 0 Å². The molecular formula is C54H89NS2. The summed E-state index contributed by atoms with van der Waals surface area (Å²) in [6, 6.07) is 2.77. The van der Waals surface area contributed by atoms with Gasteiger partial charge in [0.25, 0.3) is 0 Å². The monoisotopic (exact) mass is 816 g/mol. The molecule has 13 unspecified atom stereocenters. The first-order chi connectivity index (χ1) is 28.2. The van der Waals surface area contributed by atoms with Gasteiger partial charge in [0, 0.05) is 39.1 Å². The van der Waals surface area contributed by atoms with Crippen molar-refractivity contribution in [2.75, 3.05) is 0 Å². The second-order valence-corrected chi connectivity index (χ2v) is 26.8. The third kappa shape index (κ3) is 8.32. The van der Waals surface area contributed by atoms with Crippen LogP contribution in [-0.4, -0.2) is 44.0 Å². The van der Waals surface area contributed by atoms with Crippen LogP contribution in [0.5, 0.6) is 0 Å². The number of hydrogen-bond donors (Lipinski definition) is 0. The normalized spacial score (nSPS) is 50.2. The summed E-state index contributed by atoms with van der Waals surface area (Å²) in [5.41, 5.74) is 0. The average Bonchev–Trinajstić information content (AvgIpc) is 3.86. The van der Waals surface area contributed by atoms with E-state index in [1.54, 1.807) is 180 Å². The van der Waals surface area contributed by atoms with Crippen molar-refractivity contribution in [1.29, 1.82) is 0 Å². The van der Waals surface area contributed by atoms with Gasteiger partial charge in [-0.15, -0.1) is 0 Å². The van der Waals surface area contributed by atoms with Gasteiger partial charge in [0.05, 0.1) is 0 Å². The average molecular weight is 816 g/mol. The van der Waals surface area contributed by atoms with Gasteiger partial charge in [-0.05, 0) is 180 Å². The van der Waals surface area contributed by atoms with E-state index in [0.717, 1.165) is 110 Å². The van der Waals surface area contributed by atoms with Crippen molar-refractivity contribution in [1.82, 2.24) is 4.90 Å². The van der Waals surface area contributed by atoms with Crippen molar-refractivity contribution in [3.63, 3.8) is 0 Å². The standard InChI is InChI=1S/C54H89NS2/c1-3-12-36(13-4-1)38-24-28-43(29-25-38)55(44-30-26-39(27-31-44)37-14-5-2-6-15-37)45-19-10-17-41(35-45)40-16-9-18-42(34-40)46-21-11-22-47-48-32-33-51-52(54(48)57-53(46)47)49-20-7-8-23-50(49)56-51/h36-54H,1-35H2. The van der Waals surface area contributed by atoms with Crippen LogP contribution >= 0.6 is 23.5 Å². The van der Waals surface area contributed by atoms with Crippen molar-refractivity contribution in [2.24, 2.45) is 71.0 Å². The Bertz CT molecular complexity index is 1230. The Labute approximate surface area is 361 Å². The summed E-state index contributed by atoms with van der Waals surface area (Å²) >= 11 is 5.20. The van der Waals surface area contributed by atoms with Crippen LogP contribution in [0.2, 0.25) is 0 Å². The predicted octanol–water partition coefficient (Wildman–Crippen LogP) is 15.5. The van der Waals surface area contributed by atoms with Crippen molar-refractivity contribution in [2.45, 2.75) is 264 Å². The van der Waals surface area contributed by atoms with E-state index in [4.69, 9.17) is 0 Å². The van der Waals surface area contributed by atoms with E-state index in [-0.39, 0.29) is 0 Å². The Morgan fingerprint density at radius 3 is 1.47 bits per heavy atom. The van der Waals surface area contributed by atoms with E-state index in [0.29, 0.717) is 0 Å². The zero-order chi connectivity index (χ0) is 37.7.